The van der Waals surface area contributed by atoms with Crippen LogP contribution in [0.1, 0.15) is 22.3 Å². The zero-order chi connectivity index (χ0) is 14.8. The predicted molar refractivity (Wildman–Crippen MR) is 83.0 cm³/mol. The van der Waals surface area contributed by atoms with Crippen LogP contribution in [0.5, 0.6) is 0 Å². The second-order valence-electron chi connectivity index (χ2n) is 5.05. The number of ether oxygens (including phenoxy) is 1. The van der Waals surface area contributed by atoms with Crippen molar-refractivity contribution in [3.05, 3.63) is 76.5 Å². The summed E-state index contributed by atoms with van der Waals surface area (Å²) in [5.41, 5.74) is 4.42. The standard InChI is InChI=1S/C18H15NO2/c1-12-8-9-15(10-13(12)2)17-19-16(18(20)21-17)11-14-6-4-3-5-7-14/h3-11H,1-2H3. The molecule has 0 radical (unpaired) electrons. The molecule has 0 spiro atoms. The van der Waals surface area contributed by atoms with Crippen molar-refractivity contribution in [3.8, 4) is 0 Å². The number of cyclic esters (lactones) is 1. The molecule has 3 heteroatoms. The van der Waals surface area contributed by atoms with Crippen LogP contribution >= 0.6 is 0 Å². The summed E-state index contributed by atoms with van der Waals surface area (Å²) in [6, 6.07) is 15.5. The van der Waals surface area contributed by atoms with Gasteiger partial charge in [-0.1, -0.05) is 36.4 Å². The summed E-state index contributed by atoms with van der Waals surface area (Å²) in [5.74, 6) is -0.0441. The zero-order valence-electron chi connectivity index (χ0n) is 12.0. The zero-order valence-corrected chi connectivity index (χ0v) is 12.0. The molecule has 0 amide bonds. The van der Waals surface area contributed by atoms with Crippen molar-refractivity contribution in [1.29, 1.82) is 0 Å². The fourth-order valence-electron chi connectivity index (χ4n) is 2.11. The van der Waals surface area contributed by atoms with Gasteiger partial charge in [0.2, 0.25) is 5.90 Å². The molecule has 2 aromatic carbocycles. The Kier molecular flexibility index (Phi) is 3.40. The van der Waals surface area contributed by atoms with Gasteiger partial charge in [-0.3, -0.25) is 0 Å². The number of carbonyl (C=O) groups is 1. The van der Waals surface area contributed by atoms with Crippen LogP contribution in [0.25, 0.3) is 6.08 Å². The lowest BCUT2D eigenvalue weighted by Crippen LogP contribution is -2.05. The van der Waals surface area contributed by atoms with E-state index >= 15 is 0 Å². The first-order valence-electron chi connectivity index (χ1n) is 6.79. The van der Waals surface area contributed by atoms with Crippen molar-refractivity contribution in [1.82, 2.24) is 0 Å². The van der Waals surface area contributed by atoms with E-state index < -0.39 is 5.97 Å². The summed E-state index contributed by atoms with van der Waals surface area (Å²) in [7, 11) is 0. The average molecular weight is 277 g/mol. The quantitative estimate of drug-likeness (QED) is 0.621. The number of hydrogen-bond donors (Lipinski definition) is 0. The van der Waals surface area contributed by atoms with Crippen LogP contribution in [0.3, 0.4) is 0 Å². The molecule has 0 fully saturated rings. The molecule has 1 aliphatic rings. The van der Waals surface area contributed by atoms with Gasteiger partial charge in [0.15, 0.2) is 5.70 Å². The SMILES string of the molecule is Cc1ccc(C2=NC(=Cc3ccccc3)C(=O)O2)cc1C. The lowest BCUT2D eigenvalue weighted by Gasteiger charge is -2.03. The van der Waals surface area contributed by atoms with Crippen molar-refractivity contribution >= 4 is 17.9 Å². The van der Waals surface area contributed by atoms with E-state index in [0.717, 1.165) is 16.7 Å². The maximum absolute atomic E-state index is 11.9. The normalized spacial score (nSPS) is 16.0. The van der Waals surface area contributed by atoms with Gasteiger partial charge >= 0.3 is 5.97 Å². The topological polar surface area (TPSA) is 38.7 Å². The summed E-state index contributed by atoms with van der Waals surface area (Å²) >= 11 is 0. The number of aryl methyl sites for hydroxylation is 2. The minimum atomic E-state index is -0.410. The third-order valence-electron chi connectivity index (χ3n) is 3.48. The Labute approximate surface area is 123 Å². The fraction of sp³-hybridized carbons (Fsp3) is 0.111. The number of hydrogen-bond acceptors (Lipinski definition) is 3. The lowest BCUT2D eigenvalue weighted by molar-refractivity contribution is -0.129. The van der Waals surface area contributed by atoms with Crippen LogP contribution in [0.4, 0.5) is 0 Å². The Hall–Kier alpha value is -2.68. The number of benzene rings is 2. The Balaban J connectivity index is 1.95. The highest BCUT2D eigenvalue weighted by atomic mass is 16.6. The van der Waals surface area contributed by atoms with Gasteiger partial charge in [-0.2, -0.15) is 0 Å². The Morgan fingerprint density at radius 1 is 1.00 bits per heavy atom. The molecule has 3 nitrogen and oxygen atoms in total. The smallest absolute Gasteiger partial charge is 0.363 e. The van der Waals surface area contributed by atoms with Gasteiger partial charge in [-0.25, -0.2) is 9.79 Å². The van der Waals surface area contributed by atoms with Gasteiger partial charge in [0.1, 0.15) is 0 Å². The summed E-state index contributed by atoms with van der Waals surface area (Å²) in [6.45, 7) is 4.07. The number of carbonyl (C=O) groups excluding carboxylic acids is 1. The first kappa shape index (κ1) is 13.3. The summed E-state index contributed by atoms with van der Waals surface area (Å²) in [4.78, 5) is 16.2. The fourth-order valence-corrected chi connectivity index (χ4v) is 2.11. The van der Waals surface area contributed by atoms with Gasteiger partial charge in [0.05, 0.1) is 0 Å². The molecular weight excluding hydrogens is 262 g/mol. The third-order valence-corrected chi connectivity index (χ3v) is 3.48. The molecule has 1 heterocycles. The summed E-state index contributed by atoms with van der Waals surface area (Å²) < 4.78 is 5.27. The van der Waals surface area contributed by atoms with Gasteiger partial charge in [-0.05, 0) is 48.7 Å². The van der Waals surface area contributed by atoms with Gasteiger partial charge < -0.3 is 4.74 Å². The maximum Gasteiger partial charge on any atom is 0.363 e. The van der Waals surface area contributed by atoms with Gasteiger partial charge in [-0.15, -0.1) is 0 Å². The second kappa shape index (κ2) is 5.37. The first-order chi connectivity index (χ1) is 10.1. The summed E-state index contributed by atoms with van der Waals surface area (Å²) in [6.07, 6.45) is 1.73. The van der Waals surface area contributed by atoms with Gasteiger partial charge in [0, 0.05) is 5.56 Å². The molecular formula is C18H15NO2. The highest BCUT2D eigenvalue weighted by Crippen LogP contribution is 2.20. The number of nitrogens with zero attached hydrogens (tertiary/aromatic N) is 1. The Morgan fingerprint density at radius 2 is 1.76 bits per heavy atom. The Morgan fingerprint density at radius 3 is 2.48 bits per heavy atom. The molecule has 0 aliphatic carbocycles. The Bertz CT molecular complexity index is 758. The van der Waals surface area contributed by atoms with Crippen LogP contribution in [-0.2, 0) is 9.53 Å². The highest BCUT2D eigenvalue weighted by molar-refractivity contribution is 6.12. The molecule has 3 rings (SSSR count). The van der Waals surface area contributed by atoms with Gasteiger partial charge in [0.25, 0.3) is 0 Å². The lowest BCUT2D eigenvalue weighted by atomic mass is 10.1. The first-order valence-corrected chi connectivity index (χ1v) is 6.79. The minimum Gasteiger partial charge on any atom is -0.402 e. The molecule has 2 aromatic rings. The van der Waals surface area contributed by atoms with Crippen molar-refractivity contribution in [2.45, 2.75) is 13.8 Å². The molecule has 104 valence electrons. The van der Waals surface area contributed by atoms with Crippen LogP contribution in [-0.4, -0.2) is 11.9 Å². The van der Waals surface area contributed by atoms with Crippen LogP contribution in [0.15, 0.2) is 59.2 Å². The van der Waals surface area contributed by atoms with Crippen molar-refractivity contribution < 1.29 is 9.53 Å². The number of aliphatic imine (C=N–C) groups is 1. The molecule has 21 heavy (non-hydrogen) atoms. The second-order valence-corrected chi connectivity index (χ2v) is 5.05. The predicted octanol–water partition coefficient (Wildman–Crippen LogP) is 3.65. The van der Waals surface area contributed by atoms with E-state index in [4.69, 9.17) is 4.74 Å². The number of esters is 1. The monoisotopic (exact) mass is 277 g/mol. The molecule has 0 aromatic heterocycles. The van der Waals surface area contributed by atoms with Crippen LogP contribution in [0.2, 0.25) is 0 Å². The molecule has 0 saturated heterocycles. The van der Waals surface area contributed by atoms with E-state index in [9.17, 15) is 4.79 Å². The van der Waals surface area contributed by atoms with Crippen molar-refractivity contribution in [2.75, 3.05) is 0 Å². The number of rotatable bonds is 2. The highest BCUT2D eigenvalue weighted by Gasteiger charge is 2.24. The minimum absolute atomic E-state index is 0.328. The molecule has 0 bridgehead atoms. The molecule has 1 aliphatic heterocycles. The van der Waals surface area contributed by atoms with E-state index in [2.05, 4.69) is 4.99 Å². The van der Waals surface area contributed by atoms with E-state index in [1.165, 1.54) is 5.56 Å². The third kappa shape index (κ3) is 2.77. The summed E-state index contributed by atoms with van der Waals surface area (Å²) in [5, 5.41) is 0. The molecule has 0 saturated carbocycles. The molecule has 0 unspecified atom stereocenters. The largest absolute Gasteiger partial charge is 0.402 e. The van der Waals surface area contributed by atoms with E-state index in [-0.39, 0.29) is 0 Å². The average Bonchev–Trinajstić information content (AvgIpc) is 2.84. The van der Waals surface area contributed by atoms with E-state index in [0.29, 0.717) is 11.6 Å². The molecule has 0 N–H and O–H groups in total. The van der Waals surface area contributed by atoms with E-state index in [1.807, 2.05) is 62.4 Å². The maximum atomic E-state index is 11.9. The molecule has 0 atom stereocenters. The van der Waals surface area contributed by atoms with Crippen LogP contribution < -0.4 is 0 Å². The van der Waals surface area contributed by atoms with Crippen molar-refractivity contribution in [2.24, 2.45) is 4.99 Å². The van der Waals surface area contributed by atoms with E-state index in [1.54, 1.807) is 6.08 Å². The van der Waals surface area contributed by atoms with Crippen LogP contribution in [0, 0.1) is 13.8 Å². The van der Waals surface area contributed by atoms with Crippen molar-refractivity contribution in [3.63, 3.8) is 0 Å².